The average molecular weight is 267 g/mol. The van der Waals surface area contributed by atoms with Crippen LogP contribution in [0.25, 0.3) is 0 Å². The van der Waals surface area contributed by atoms with Gasteiger partial charge in [0, 0.05) is 13.2 Å². The van der Waals surface area contributed by atoms with E-state index in [-0.39, 0.29) is 17.7 Å². The highest BCUT2D eigenvalue weighted by molar-refractivity contribution is 5.87. The molecule has 5 unspecified atom stereocenters. The van der Waals surface area contributed by atoms with Crippen LogP contribution in [0.2, 0.25) is 0 Å². The van der Waals surface area contributed by atoms with Crippen LogP contribution in [0.3, 0.4) is 0 Å². The standard InChI is InChI=1S/C14H21NO4/c1-8-5-6-19-12(8)13(16)15-7-9-3-2-4-10(9)11(15)14(17)18/h8-12H,2-7H2,1H3,(H,17,18). The molecule has 5 nitrogen and oxygen atoms in total. The van der Waals surface area contributed by atoms with Crippen LogP contribution >= 0.6 is 0 Å². The maximum atomic E-state index is 12.5. The minimum absolute atomic E-state index is 0.105. The van der Waals surface area contributed by atoms with Gasteiger partial charge < -0.3 is 14.7 Å². The number of aliphatic carboxylic acids is 1. The third-order valence-electron chi connectivity index (χ3n) is 5.06. The molecule has 3 fully saturated rings. The summed E-state index contributed by atoms with van der Waals surface area (Å²) in [6.07, 6.45) is 3.54. The zero-order valence-electron chi connectivity index (χ0n) is 11.2. The van der Waals surface area contributed by atoms with Crippen LogP contribution in [0.15, 0.2) is 0 Å². The summed E-state index contributed by atoms with van der Waals surface area (Å²) in [5.41, 5.74) is 0. The van der Waals surface area contributed by atoms with Crippen LogP contribution in [-0.2, 0) is 14.3 Å². The van der Waals surface area contributed by atoms with Gasteiger partial charge in [-0.1, -0.05) is 13.3 Å². The van der Waals surface area contributed by atoms with Crippen LogP contribution < -0.4 is 0 Å². The van der Waals surface area contributed by atoms with E-state index < -0.39 is 18.1 Å². The van der Waals surface area contributed by atoms with Crippen LogP contribution in [0.4, 0.5) is 0 Å². The molecule has 106 valence electrons. The molecule has 5 heteroatoms. The molecule has 0 bridgehead atoms. The van der Waals surface area contributed by atoms with E-state index in [1.807, 2.05) is 6.92 Å². The zero-order valence-corrected chi connectivity index (χ0v) is 11.2. The number of amides is 1. The third kappa shape index (κ3) is 2.04. The van der Waals surface area contributed by atoms with E-state index in [1.54, 1.807) is 4.90 Å². The molecule has 0 radical (unpaired) electrons. The second kappa shape index (κ2) is 4.78. The molecule has 2 heterocycles. The van der Waals surface area contributed by atoms with E-state index in [1.165, 1.54) is 0 Å². The van der Waals surface area contributed by atoms with E-state index in [4.69, 9.17) is 4.74 Å². The number of nitrogens with zero attached hydrogens (tertiary/aromatic N) is 1. The molecule has 2 aliphatic heterocycles. The van der Waals surface area contributed by atoms with Crippen molar-refractivity contribution in [2.24, 2.45) is 17.8 Å². The minimum atomic E-state index is -0.853. The summed E-state index contributed by atoms with van der Waals surface area (Å²) >= 11 is 0. The average Bonchev–Trinajstić information content (AvgIpc) is 3.00. The number of carboxylic acids is 1. The SMILES string of the molecule is CC1CCOC1C(=O)N1CC2CCCC2C1C(=O)O. The molecule has 0 aromatic carbocycles. The van der Waals surface area contributed by atoms with E-state index in [9.17, 15) is 14.7 Å². The van der Waals surface area contributed by atoms with Crippen molar-refractivity contribution in [3.63, 3.8) is 0 Å². The predicted octanol–water partition coefficient (Wildman–Crippen LogP) is 1.12. The molecular formula is C14H21NO4. The molecule has 1 saturated carbocycles. The Morgan fingerprint density at radius 3 is 2.68 bits per heavy atom. The number of fused-ring (bicyclic) bond motifs is 1. The van der Waals surface area contributed by atoms with Gasteiger partial charge in [-0.3, -0.25) is 4.79 Å². The first-order valence-corrected chi connectivity index (χ1v) is 7.24. The summed E-state index contributed by atoms with van der Waals surface area (Å²) in [6, 6.07) is -0.628. The molecule has 3 rings (SSSR count). The number of likely N-dealkylation sites (tertiary alicyclic amines) is 1. The molecule has 19 heavy (non-hydrogen) atoms. The van der Waals surface area contributed by atoms with Gasteiger partial charge in [0.15, 0.2) is 0 Å². The first-order chi connectivity index (χ1) is 9.09. The smallest absolute Gasteiger partial charge is 0.326 e. The van der Waals surface area contributed by atoms with Crippen molar-refractivity contribution in [1.29, 1.82) is 0 Å². The van der Waals surface area contributed by atoms with Crippen molar-refractivity contribution in [1.82, 2.24) is 4.90 Å². The Labute approximate surface area is 112 Å². The van der Waals surface area contributed by atoms with Crippen molar-refractivity contribution in [3.05, 3.63) is 0 Å². The van der Waals surface area contributed by atoms with Crippen LogP contribution in [-0.4, -0.2) is 47.2 Å². The lowest BCUT2D eigenvalue weighted by Gasteiger charge is -2.28. The van der Waals surface area contributed by atoms with Gasteiger partial charge in [-0.05, 0) is 37.0 Å². The lowest BCUT2D eigenvalue weighted by atomic mass is 9.94. The fraction of sp³-hybridized carbons (Fsp3) is 0.857. The summed E-state index contributed by atoms with van der Waals surface area (Å²) < 4.78 is 5.51. The van der Waals surface area contributed by atoms with Crippen molar-refractivity contribution < 1.29 is 19.4 Å². The lowest BCUT2D eigenvalue weighted by Crippen LogP contribution is -2.48. The fourth-order valence-corrected chi connectivity index (χ4v) is 4.02. The van der Waals surface area contributed by atoms with Gasteiger partial charge in [-0.15, -0.1) is 0 Å². The molecule has 5 atom stereocenters. The number of rotatable bonds is 2. The molecule has 0 aromatic heterocycles. The second-order valence-corrected chi connectivity index (χ2v) is 6.19. The number of carbonyl (C=O) groups excluding carboxylic acids is 1. The number of carbonyl (C=O) groups is 2. The van der Waals surface area contributed by atoms with Crippen molar-refractivity contribution in [3.8, 4) is 0 Å². The molecule has 1 aliphatic carbocycles. The minimum Gasteiger partial charge on any atom is -0.480 e. The van der Waals surface area contributed by atoms with Gasteiger partial charge in [-0.2, -0.15) is 0 Å². The largest absolute Gasteiger partial charge is 0.480 e. The second-order valence-electron chi connectivity index (χ2n) is 6.19. The third-order valence-corrected chi connectivity index (χ3v) is 5.06. The first-order valence-electron chi connectivity index (χ1n) is 7.24. The van der Waals surface area contributed by atoms with E-state index >= 15 is 0 Å². The van der Waals surface area contributed by atoms with Gasteiger partial charge in [-0.25, -0.2) is 4.79 Å². The summed E-state index contributed by atoms with van der Waals surface area (Å²) in [5.74, 6) is -0.234. The summed E-state index contributed by atoms with van der Waals surface area (Å²) in [6.45, 7) is 3.21. The first kappa shape index (κ1) is 12.9. The Morgan fingerprint density at radius 1 is 1.26 bits per heavy atom. The highest BCUT2D eigenvalue weighted by Crippen LogP contribution is 2.43. The number of ether oxygens (including phenoxy) is 1. The predicted molar refractivity (Wildman–Crippen MR) is 67.5 cm³/mol. The summed E-state index contributed by atoms with van der Waals surface area (Å²) in [4.78, 5) is 25.6. The molecular weight excluding hydrogens is 246 g/mol. The normalized spacial score (nSPS) is 41.5. The van der Waals surface area contributed by atoms with Gasteiger partial charge in [0.1, 0.15) is 12.1 Å². The maximum absolute atomic E-state index is 12.5. The van der Waals surface area contributed by atoms with E-state index in [0.29, 0.717) is 19.1 Å². The number of carboxylic acid groups (broad SMARTS) is 1. The van der Waals surface area contributed by atoms with Crippen LogP contribution in [0.1, 0.15) is 32.6 Å². The quantitative estimate of drug-likeness (QED) is 0.814. The van der Waals surface area contributed by atoms with Gasteiger partial charge >= 0.3 is 5.97 Å². The monoisotopic (exact) mass is 267 g/mol. The molecule has 1 N–H and O–H groups in total. The Hall–Kier alpha value is -1.10. The Balaban J connectivity index is 1.79. The van der Waals surface area contributed by atoms with Crippen LogP contribution in [0, 0.1) is 17.8 Å². The fourth-order valence-electron chi connectivity index (χ4n) is 4.02. The van der Waals surface area contributed by atoms with Gasteiger partial charge in [0.05, 0.1) is 0 Å². The Morgan fingerprint density at radius 2 is 2.05 bits per heavy atom. The summed E-state index contributed by atoms with van der Waals surface area (Å²) in [5, 5.41) is 9.45. The van der Waals surface area contributed by atoms with Gasteiger partial charge in [0.25, 0.3) is 5.91 Å². The molecule has 1 amide bonds. The highest BCUT2D eigenvalue weighted by atomic mass is 16.5. The number of hydrogen-bond acceptors (Lipinski definition) is 3. The Kier molecular flexibility index (Phi) is 3.25. The molecule has 0 spiro atoms. The topological polar surface area (TPSA) is 66.8 Å². The summed E-state index contributed by atoms with van der Waals surface area (Å²) in [7, 11) is 0. The number of hydrogen-bond donors (Lipinski definition) is 1. The van der Waals surface area contributed by atoms with E-state index in [2.05, 4.69) is 0 Å². The highest BCUT2D eigenvalue weighted by Gasteiger charge is 2.51. The Bertz CT molecular complexity index is 397. The zero-order chi connectivity index (χ0) is 13.6. The van der Waals surface area contributed by atoms with Crippen molar-refractivity contribution >= 4 is 11.9 Å². The maximum Gasteiger partial charge on any atom is 0.326 e. The van der Waals surface area contributed by atoms with Crippen molar-refractivity contribution in [2.75, 3.05) is 13.2 Å². The van der Waals surface area contributed by atoms with Gasteiger partial charge in [0.2, 0.25) is 0 Å². The lowest BCUT2D eigenvalue weighted by molar-refractivity contribution is -0.154. The molecule has 0 aromatic rings. The molecule has 2 saturated heterocycles. The van der Waals surface area contributed by atoms with E-state index in [0.717, 1.165) is 25.7 Å². The molecule has 3 aliphatic rings. The van der Waals surface area contributed by atoms with Crippen LogP contribution in [0.5, 0.6) is 0 Å². The van der Waals surface area contributed by atoms with Crippen molar-refractivity contribution in [2.45, 2.75) is 44.8 Å².